The van der Waals surface area contributed by atoms with E-state index in [9.17, 15) is 9.18 Å². The van der Waals surface area contributed by atoms with Crippen molar-refractivity contribution in [3.05, 3.63) is 69.0 Å². The number of amides is 1. The van der Waals surface area contributed by atoms with Crippen molar-refractivity contribution in [3.8, 4) is 6.07 Å². The van der Waals surface area contributed by atoms with Crippen molar-refractivity contribution in [2.24, 2.45) is 0 Å². The second-order valence-electron chi connectivity index (χ2n) is 5.28. The van der Waals surface area contributed by atoms with Gasteiger partial charge in [0.25, 0.3) is 5.91 Å². The third-order valence-electron chi connectivity index (χ3n) is 3.48. The minimum absolute atomic E-state index is 0.0839. The average molecular weight is 365 g/mol. The van der Waals surface area contributed by atoms with E-state index in [2.05, 4.69) is 0 Å². The number of halogens is 3. The summed E-state index contributed by atoms with van der Waals surface area (Å²) in [5, 5.41) is 8.83. The van der Waals surface area contributed by atoms with Crippen LogP contribution in [0.2, 0.25) is 10.0 Å². The van der Waals surface area contributed by atoms with Crippen LogP contribution in [-0.4, -0.2) is 17.4 Å². The normalized spacial score (nSPS) is 10.3. The summed E-state index contributed by atoms with van der Waals surface area (Å²) in [6, 6.07) is 11.3. The molecule has 124 valence electrons. The number of nitrogens with zero attached hydrogens (tertiary/aromatic N) is 2. The first kappa shape index (κ1) is 18.3. The van der Waals surface area contributed by atoms with Gasteiger partial charge in [-0.25, -0.2) is 4.39 Å². The molecule has 2 aromatic carbocycles. The van der Waals surface area contributed by atoms with Gasteiger partial charge in [-0.2, -0.15) is 5.26 Å². The SMILES string of the molecule is CCCN(Cc1ccc(C#N)cc1)C(=O)c1cc(F)c(Cl)cc1Cl. The van der Waals surface area contributed by atoms with Gasteiger partial charge >= 0.3 is 0 Å². The minimum atomic E-state index is -0.681. The van der Waals surface area contributed by atoms with Crippen molar-refractivity contribution in [2.45, 2.75) is 19.9 Å². The van der Waals surface area contributed by atoms with Gasteiger partial charge in [0.2, 0.25) is 0 Å². The van der Waals surface area contributed by atoms with E-state index in [1.54, 1.807) is 29.2 Å². The van der Waals surface area contributed by atoms with E-state index in [0.717, 1.165) is 18.1 Å². The Morgan fingerprint density at radius 3 is 2.46 bits per heavy atom. The molecule has 0 spiro atoms. The zero-order valence-corrected chi connectivity index (χ0v) is 14.5. The van der Waals surface area contributed by atoms with Gasteiger partial charge < -0.3 is 4.90 Å². The fourth-order valence-corrected chi connectivity index (χ4v) is 2.75. The van der Waals surface area contributed by atoms with Crippen molar-refractivity contribution < 1.29 is 9.18 Å². The van der Waals surface area contributed by atoms with E-state index in [1.165, 1.54) is 6.07 Å². The van der Waals surface area contributed by atoms with E-state index in [-0.39, 0.29) is 21.5 Å². The van der Waals surface area contributed by atoms with Gasteiger partial charge in [0, 0.05) is 13.1 Å². The Morgan fingerprint density at radius 1 is 1.21 bits per heavy atom. The highest BCUT2D eigenvalue weighted by molar-refractivity contribution is 6.36. The number of hydrogen-bond donors (Lipinski definition) is 0. The van der Waals surface area contributed by atoms with Gasteiger partial charge in [-0.15, -0.1) is 0 Å². The summed E-state index contributed by atoms with van der Waals surface area (Å²) in [5.41, 5.74) is 1.51. The molecule has 0 bridgehead atoms. The number of rotatable bonds is 5. The summed E-state index contributed by atoms with van der Waals surface area (Å²) in [6.45, 7) is 2.79. The minimum Gasteiger partial charge on any atom is -0.334 e. The van der Waals surface area contributed by atoms with Gasteiger partial charge in [0.15, 0.2) is 0 Å². The van der Waals surface area contributed by atoms with E-state index in [0.29, 0.717) is 18.7 Å². The maximum Gasteiger partial charge on any atom is 0.255 e. The summed E-state index contributed by atoms with van der Waals surface area (Å²) in [6.07, 6.45) is 0.746. The number of carbonyl (C=O) groups is 1. The van der Waals surface area contributed by atoms with Gasteiger partial charge in [-0.1, -0.05) is 42.3 Å². The van der Waals surface area contributed by atoms with E-state index < -0.39 is 5.82 Å². The van der Waals surface area contributed by atoms with Crippen molar-refractivity contribution >= 4 is 29.1 Å². The quantitative estimate of drug-likeness (QED) is 0.696. The summed E-state index contributed by atoms with van der Waals surface area (Å²) >= 11 is 11.7. The van der Waals surface area contributed by atoms with Gasteiger partial charge in [-0.3, -0.25) is 4.79 Å². The largest absolute Gasteiger partial charge is 0.334 e. The monoisotopic (exact) mass is 364 g/mol. The highest BCUT2D eigenvalue weighted by Gasteiger charge is 2.20. The third-order valence-corrected chi connectivity index (χ3v) is 4.08. The molecule has 1 amide bonds. The topological polar surface area (TPSA) is 44.1 Å². The predicted octanol–water partition coefficient (Wildman–Crippen LogP) is 5.06. The van der Waals surface area contributed by atoms with Crippen LogP contribution >= 0.6 is 23.2 Å². The molecule has 3 nitrogen and oxygen atoms in total. The molecule has 24 heavy (non-hydrogen) atoms. The van der Waals surface area contributed by atoms with E-state index in [1.807, 2.05) is 13.0 Å². The number of hydrogen-bond acceptors (Lipinski definition) is 2. The Balaban J connectivity index is 2.27. The Labute approximate surface area is 150 Å². The zero-order chi connectivity index (χ0) is 17.7. The molecule has 0 aliphatic heterocycles. The lowest BCUT2D eigenvalue weighted by molar-refractivity contribution is 0.0743. The Morgan fingerprint density at radius 2 is 1.88 bits per heavy atom. The lowest BCUT2D eigenvalue weighted by atomic mass is 10.1. The highest BCUT2D eigenvalue weighted by atomic mass is 35.5. The lowest BCUT2D eigenvalue weighted by Gasteiger charge is -2.23. The highest BCUT2D eigenvalue weighted by Crippen LogP contribution is 2.26. The Kier molecular flexibility index (Phi) is 6.19. The Bertz CT molecular complexity index is 785. The molecule has 0 N–H and O–H groups in total. The zero-order valence-electron chi connectivity index (χ0n) is 13.0. The van der Waals surface area contributed by atoms with Crippen LogP contribution in [0.3, 0.4) is 0 Å². The molecular weight excluding hydrogens is 350 g/mol. The molecule has 0 fully saturated rings. The van der Waals surface area contributed by atoms with Crippen LogP contribution in [0.25, 0.3) is 0 Å². The molecule has 0 radical (unpaired) electrons. The first-order valence-electron chi connectivity index (χ1n) is 7.39. The van der Waals surface area contributed by atoms with Crippen LogP contribution in [-0.2, 0) is 6.54 Å². The fraction of sp³-hybridized carbons (Fsp3) is 0.222. The van der Waals surface area contributed by atoms with Crippen molar-refractivity contribution in [1.82, 2.24) is 4.90 Å². The standard InChI is InChI=1S/C18H15Cl2FN2O/c1-2-7-23(11-13-5-3-12(10-22)4-6-13)18(24)14-8-17(21)16(20)9-15(14)19/h3-6,8-9H,2,7,11H2,1H3. The van der Waals surface area contributed by atoms with Crippen molar-refractivity contribution in [2.75, 3.05) is 6.54 Å². The Hall–Kier alpha value is -2.09. The fourth-order valence-electron chi connectivity index (χ4n) is 2.28. The van der Waals surface area contributed by atoms with Crippen LogP contribution in [0, 0.1) is 17.1 Å². The molecule has 0 atom stereocenters. The second-order valence-corrected chi connectivity index (χ2v) is 6.10. The summed E-state index contributed by atoms with van der Waals surface area (Å²) in [5.74, 6) is -1.04. The van der Waals surface area contributed by atoms with Crippen LogP contribution in [0.5, 0.6) is 0 Å². The lowest BCUT2D eigenvalue weighted by Crippen LogP contribution is -2.31. The van der Waals surface area contributed by atoms with Crippen molar-refractivity contribution in [3.63, 3.8) is 0 Å². The molecule has 0 aromatic heterocycles. The number of benzene rings is 2. The van der Waals surface area contributed by atoms with Crippen LogP contribution < -0.4 is 0 Å². The summed E-state index contributed by atoms with van der Waals surface area (Å²) < 4.78 is 13.7. The van der Waals surface area contributed by atoms with Crippen LogP contribution in [0.15, 0.2) is 36.4 Å². The van der Waals surface area contributed by atoms with Crippen LogP contribution in [0.1, 0.15) is 34.8 Å². The van der Waals surface area contributed by atoms with Crippen LogP contribution in [0.4, 0.5) is 4.39 Å². The smallest absolute Gasteiger partial charge is 0.255 e. The van der Waals surface area contributed by atoms with E-state index in [4.69, 9.17) is 28.5 Å². The van der Waals surface area contributed by atoms with Crippen molar-refractivity contribution in [1.29, 1.82) is 5.26 Å². The molecular formula is C18H15Cl2FN2O. The first-order chi connectivity index (χ1) is 11.5. The number of nitriles is 1. The van der Waals surface area contributed by atoms with Gasteiger partial charge in [0.05, 0.1) is 27.2 Å². The molecule has 0 saturated heterocycles. The summed E-state index contributed by atoms with van der Waals surface area (Å²) in [7, 11) is 0. The first-order valence-corrected chi connectivity index (χ1v) is 8.14. The molecule has 0 saturated carbocycles. The maximum atomic E-state index is 13.7. The average Bonchev–Trinajstić information content (AvgIpc) is 2.58. The molecule has 0 aliphatic rings. The molecule has 2 aromatic rings. The molecule has 6 heteroatoms. The van der Waals surface area contributed by atoms with E-state index >= 15 is 0 Å². The molecule has 0 heterocycles. The molecule has 0 aliphatic carbocycles. The van der Waals surface area contributed by atoms with Gasteiger partial charge in [0.1, 0.15) is 5.82 Å². The van der Waals surface area contributed by atoms with Gasteiger partial charge in [-0.05, 0) is 36.2 Å². The third kappa shape index (κ3) is 4.25. The maximum absolute atomic E-state index is 13.7. The second kappa shape index (κ2) is 8.14. The molecule has 2 rings (SSSR count). The molecule has 0 unspecified atom stereocenters. The number of carbonyl (C=O) groups excluding carboxylic acids is 1. The summed E-state index contributed by atoms with van der Waals surface area (Å²) in [4.78, 5) is 14.3. The predicted molar refractivity (Wildman–Crippen MR) is 92.6 cm³/mol.